The minimum Gasteiger partial charge on any atom is -0.395 e. The second-order valence-corrected chi connectivity index (χ2v) is 6.74. The molecule has 0 amide bonds. The number of nitrogens with one attached hydrogen (secondary N) is 1. The number of aliphatic hydroxyl groups is 1. The molecule has 2 N–H and O–H groups in total. The summed E-state index contributed by atoms with van der Waals surface area (Å²) in [7, 11) is 0. The van der Waals surface area contributed by atoms with Gasteiger partial charge in [0.1, 0.15) is 0 Å². The molecular formula is C17H30N2O. The summed E-state index contributed by atoms with van der Waals surface area (Å²) < 4.78 is 0. The molecule has 0 unspecified atom stereocenters. The van der Waals surface area contributed by atoms with Crippen molar-refractivity contribution in [2.45, 2.75) is 59.7 Å². The van der Waals surface area contributed by atoms with Crippen molar-refractivity contribution in [1.29, 1.82) is 0 Å². The van der Waals surface area contributed by atoms with E-state index in [2.05, 4.69) is 70.0 Å². The Bertz CT molecular complexity index is 421. The summed E-state index contributed by atoms with van der Waals surface area (Å²) in [6.07, 6.45) is 0. The van der Waals surface area contributed by atoms with Crippen LogP contribution in [0.1, 0.15) is 45.7 Å². The molecule has 0 bridgehead atoms. The van der Waals surface area contributed by atoms with Crippen molar-refractivity contribution in [2.24, 2.45) is 0 Å². The summed E-state index contributed by atoms with van der Waals surface area (Å²) in [6, 6.07) is 6.97. The summed E-state index contributed by atoms with van der Waals surface area (Å²) in [5.74, 6) is 0. The van der Waals surface area contributed by atoms with Gasteiger partial charge in [0.15, 0.2) is 0 Å². The molecule has 20 heavy (non-hydrogen) atoms. The predicted octanol–water partition coefficient (Wildman–Crippen LogP) is 3.09. The molecule has 0 saturated carbocycles. The van der Waals surface area contributed by atoms with Crippen LogP contribution in [0, 0.1) is 6.92 Å². The molecule has 0 atom stereocenters. The lowest BCUT2D eigenvalue weighted by Gasteiger charge is -2.30. The van der Waals surface area contributed by atoms with E-state index in [4.69, 9.17) is 0 Å². The van der Waals surface area contributed by atoms with Crippen molar-refractivity contribution in [2.75, 3.05) is 18.1 Å². The number of aliphatic hydroxyl groups excluding tert-OH is 1. The zero-order valence-corrected chi connectivity index (χ0v) is 13.8. The number of anilines is 1. The summed E-state index contributed by atoms with van der Waals surface area (Å²) in [4.78, 5) is 2.25. The molecule has 3 nitrogen and oxygen atoms in total. The molecule has 0 aliphatic carbocycles. The number of benzene rings is 1. The Labute approximate surface area is 124 Å². The molecule has 0 radical (unpaired) electrons. The second kappa shape index (κ2) is 7.09. The Hall–Kier alpha value is -1.06. The van der Waals surface area contributed by atoms with Crippen LogP contribution >= 0.6 is 0 Å². The van der Waals surface area contributed by atoms with Crippen LogP contribution in [0.2, 0.25) is 0 Å². The van der Waals surface area contributed by atoms with Gasteiger partial charge in [-0.3, -0.25) is 0 Å². The lowest BCUT2D eigenvalue weighted by molar-refractivity contribution is 0.299. The second-order valence-electron chi connectivity index (χ2n) is 6.74. The molecule has 0 aliphatic rings. The fraction of sp³-hybridized carbons (Fsp3) is 0.647. The molecule has 1 aromatic rings. The van der Waals surface area contributed by atoms with Gasteiger partial charge in [0.2, 0.25) is 0 Å². The standard InChI is InChI=1S/C17H30N2O/c1-13(2)19(9-10-20)16-8-7-15(11-14(16)3)12-18-17(4,5)6/h7-8,11,13,18,20H,9-10,12H2,1-6H3. The molecule has 0 saturated heterocycles. The van der Waals surface area contributed by atoms with Gasteiger partial charge in [0, 0.05) is 30.4 Å². The molecule has 0 heterocycles. The van der Waals surface area contributed by atoms with Crippen LogP contribution in [0.15, 0.2) is 18.2 Å². The Kier molecular flexibility index (Phi) is 6.03. The van der Waals surface area contributed by atoms with Crippen LogP contribution in [-0.2, 0) is 6.54 Å². The maximum atomic E-state index is 9.21. The van der Waals surface area contributed by atoms with E-state index in [1.54, 1.807) is 0 Å². The van der Waals surface area contributed by atoms with Gasteiger partial charge in [0.05, 0.1) is 6.61 Å². The van der Waals surface area contributed by atoms with Crippen LogP contribution < -0.4 is 10.2 Å². The van der Waals surface area contributed by atoms with Gasteiger partial charge in [-0.15, -0.1) is 0 Å². The van der Waals surface area contributed by atoms with Crippen molar-refractivity contribution >= 4 is 5.69 Å². The van der Waals surface area contributed by atoms with E-state index in [1.165, 1.54) is 16.8 Å². The van der Waals surface area contributed by atoms with Gasteiger partial charge in [-0.25, -0.2) is 0 Å². The number of hydrogen-bond donors (Lipinski definition) is 2. The summed E-state index contributed by atoms with van der Waals surface area (Å²) in [5, 5.41) is 12.7. The van der Waals surface area contributed by atoms with Crippen molar-refractivity contribution in [3.63, 3.8) is 0 Å². The minimum atomic E-state index is 0.132. The zero-order valence-electron chi connectivity index (χ0n) is 13.8. The maximum Gasteiger partial charge on any atom is 0.0606 e. The van der Waals surface area contributed by atoms with E-state index < -0.39 is 0 Å². The highest BCUT2D eigenvalue weighted by atomic mass is 16.3. The smallest absolute Gasteiger partial charge is 0.0606 e. The van der Waals surface area contributed by atoms with E-state index >= 15 is 0 Å². The molecule has 1 aromatic carbocycles. The van der Waals surface area contributed by atoms with E-state index in [1.807, 2.05) is 0 Å². The lowest BCUT2D eigenvalue weighted by Crippen LogP contribution is -2.35. The van der Waals surface area contributed by atoms with Crippen LogP contribution in [0.4, 0.5) is 5.69 Å². The highest BCUT2D eigenvalue weighted by Gasteiger charge is 2.13. The van der Waals surface area contributed by atoms with Crippen molar-refractivity contribution < 1.29 is 5.11 Å². The van der Waals surface area contributed by atoms with E-state index in [0.29, 0.717) is 12.6 Å². The molecule has 1 rings (SSSR count). The van der Waals surface area contributed by atoms with Gasteiger partial charge < -0.3 is 15.3 Å². The third-order valence-corrected chi connectivity index (χ3v) is 3.36. The molecule has 0 fully saturated rings. The SMILES string of the molecule is Cc1cc(CNC(C)(C)C)ccc1N(CCO)C(C)C. The first-order valence-corrected chi connectivity index (χ1v) is 7.46. The first-order valence-electron chi connectivity index (χ1n) is 7.46. The van der Waals surface area contributed by atoms with E-state index in [0.717, 1.165) is 6.54 Å². The van der Waals surface area contributed by atoms with Crippen LogP contribution in [-0.4, -0.2) is 29.8 Å². The largest absolute Gasteiger partial charge is 0.395 e. The Morgan fingerprint density at radius 3 is 2.35 bits per heavy atom. The van der Waals surface area contributed by atoms with Crippen LogP contribution in [0.5, 0.6) is 0 Å². The van der Waals surface area contributed by atoms with Crippen molar-refractivity contribution in [3.8, 4) is 0 Å². The average Bonchev–Trinajstić information content (AvgIpc) is 2.33. The Balaban J connectivity index is 2.86. The monoisotopic (exact) mass is 278 g/mol. The third kappa shape index (κ3) is 5.14. The molecular weight excluding hydrogens is 248 g/mol. The van der Waals surface area contributed by atoms with Gasteiger partial charge in [0.25, 0.3) is 0 Å². The van der Waals surface area contributed by atoms with Crippen molar-refractivity contribution in [3.05, 3.63) is 29.3 Å². The molecule has 0 spiro atoms. The van der Waals surface area contributed by atoms with E-state index in [9.17, 15) is 5.11 Å². The van der Waals surface area contributed by atoms with Crippen LogP contribution in [0.25, 0.3) is 0 Å². The Morgan fingerprint density at radius 1 is 1.25 bits per heavy atom. The maximum absolute atomic E-state index is 9.21. The first kappa shape index (κ1) is 17.0. The molecule has 114 valence electrons. The summed E-state index contributed by atoms with van der Waals surface area (Å²) in [6.45, 7) is 14.7. The topological polar surface area (TPSA) is 35.5 Å². The first-order chi connectivity index (χ1) is 9.24. The number of nitrogens with zero attached hydrogens (tertiary/aromatic N) is 1. The summed E-state index contributed by atoms with van der Waals surface area (Å²) >= 11 is 0. The summed E-state index contributed by atoms with van der Waals surface area (Å²) in [5.41, 5.74) is 3.91. The fourth-order valence-corrected chi connectivity index (χ4v) is 2.28. The average molecular weight is 278 g/mol. The highest BCUT2D eigenvalue weighted by Crippen LogP contribution is 2.23. The number of aryl methyl sites for hydroxylation is 1. The minimum absolute atomic E-state index is 0.132. The normalized spacial score (nSPS) is 12.0. The molecule has 0 aliphatic heterocycles. The van der Waals surface area contributed by atoms with Gasteiger partial charge in [-0.05, 0) is 58.7 Å². The van der Waals surface area contributed by atoms with Gasteiger partial charge in [-0.2, -0.15) is 0 Å². The van der Waals surface area contributed by atoms with E-state index in [-0.39, 0.29) is 12.1 Å². The Morgan fingerprint density at radius 2 is 1.90 bits per heavy atom. The third-order valence-electron chi connectivity index (χ3n) is 3.36. The lowest BCUT2D eigenvalue weighted by atomic mass is 10.1. The fourth-order valence-electron chi connectivity index (χ4n) is 2.28. The number of rotatable bonds is 6. The predicted molar refractivity (Wildman–Crippen MR) is 87.3 cm³/mol. The number of hydrogen-bond acceptors (Lipinski definition) is 3. The van der Waals surface area contributed by atoms with Gasteiger partial charge in [-0.1, -0.05) is 12.1 Å². The zero-order chi connectivity index (χ0) is 15.3. The van der Waals surface area contributed by atoms with Crippen LogP contribution in [0.3, 0.4) is 0 Å². The quantitative estimate of drug-likeness (QED) is 0.839. The highest BCUT2D eigenvalue weighted by molar-refractivity contribution is 5.55. The molecule has 3 heteroatoms. The van der Waals surface area contributed by atoms with Gasteiger partial charge >= 0.3 is 0 Å². The van der Waals surface area contributed by atoms with Crippen molar-refractivity contribution in [1.82, 2.24) is 5.32 Å². The molecule has 0 aromatic heterocycles.